The summed E-state index contributed by atoms with van der Waals surface area (Å²) < 4.78 is 10.2. The van der Waals surface area contributed by atoms with Crippen LogP contribution in [0.1, 0.15) is 15.5 Å². The van der Waals surface area contributed by atoms with Gasteiger partial charge in [-0.05, 0) is 31.2 Å². The standard InChI is InChI=1S/C12H11NO3S/c1-8-13-11(7-17-8)12(14)16-10-5-3-9(15-2)4-6-10/h3-7H,1-2H3. The number of esters is 1. The lowest BCUT2D eigenvalue weighted by Crippen LogP contribution is -2.08. The maximum absolute atomic E-state index is 11.7. The van der Waals surface area contributed by atoms with E-state index in [-0.39, 0.29) is 0 Å². The molecular formula is C12H11NO3S. The van der Waals surface area contributed by atoms with Gasteiger partial charge in [0.1, 0.15) is 11.5 Å². The van der Waals surface area contributed by atoms with E-state index in [0.717, 1.165) is 5.01 Å². The van der Waals surface area contributed by atoms with Crippen molar-refractivity contribution in [2.45, 2.75) is 6.92 Å². The third-order valence-corrected chi connectivity index (χ3v) is 2.87. The van der Waals surface area contributed by atoms with Crippen molar-refractivity contribution in [1.82, 2.24) is 4.98 Å². The van der Waals surface area contributed by atoms with E-state index in [4.69, 9.17) is 9.47 Å². The Balaban J connectivity index is 2.07. The number of nitrogens with zero attached hydrogens (tertiary/aromatic N) is 1. The largest absolute Gasteiger partial charge is 0.497 e. The first-order chi connectivity index (χ1) is 8.19. The summed E-state index contributed by atoms with van der Waals surface area (Å²) in [6.07, 6.45) is 0. The summed E-state index contributed by atoms with van der Waals surface area (Å²) in [6.45, 7) is 1.84. The first kappa shape index (κ1) is 11.6. The predicted octanol–water partition coefficient (Wildman–Crippen LogP) is 2.68. The second-order valence-corrected chi connectivity index (χ2v) is 4.38. The molecule has 0 aliphatic heterocycles. The molecule has 2 rings (SSSR count). The number of hydrogen-bond acceptors (Lipinski definition) is 5. The highest BCUT2D eigenvalue weighted by Gasteiger charge is 2.11. The van der Waals surface area contributed by atoms with Crippen LogP contribution < -0.4 is 9.47 Å². The van der Waals surface area contributed by atoms with Gasteiger partial charge in [-0.15, -0.1) is 11.3 Å². The molecular weight excluding hydrogens is 238 g/mol. The van der Waals surface area contributed by atoms with E-state index in [9.17, 15) is 4.79 Å². The highest BCUT2D eigenvalue weighted by Crippen LogP contribution is 2.18. The Morgan fingerprint density at radius 1 is 1.24 bits per heavy atom. The Kier molecular flexibility index (Phi) is 3.39. The van der Waals surface area contributed by atoms with Gasteiger partial charge in [-0.1, -0.05) is 0 Å². The summed E-state index contributed by atoms with van der Waals surface area (Å²) in [7, 11) is 1.58. The van der Waals surface area contributed by atoms with Gasteiger partial charge in [0, 0.05) is 5.38 Å². The van der Waals surface area contributed by atoms with Crippen molar-refractivity contribution in [3.8, 4) is 11.5 Å². The Morgan fingerprint density at radius 2 is 1.88 bits per heavy atom. The van der Waals surface area contributed by atoms with Crippen molar-refractivity contribution in [2.75, 3.05) is 7.11 Å². The van der Waals surface area contributed by atoms with E-state index in [1.807, 2.05) is 6.92 Å². The number of ether oxygens (including phenoxy) is 2. The highest BCUT2D eigenvalue weighted by molar-refractivity contribution is 7.09. The molecule has 0 saturated carbocycles. The Bertz CT molecular complexity index is 519. The van der Waals surface area contributed by atoms with E-state index in [2.05, 4.69) is 4.98 Å². The Labute approximate surface area is 103 Å². The van der Waals surface area contributed by atoms with E-state index in [0.29, 0.717) is 17.2 Å². The van der Waals surface area contributed by atoms with E-state index in [1.165, 1.54) is 11.3 Å². The number of rotatable bonds is 3. The van der Waals surface area contributed by atoms with E-state index in [1.54, 1.807) is 36.8 Å². The minimum Gasteiger partial charge on any atom is -0.497 e. The van der Waals surface area contributed by atoms with Crippen molar-refractivity contribution in [3.63, 3.8) is 0 Å². The van der Waals surface area contributed by atoms with Crippen LogP contribution in [0, 0.1) is 6.92 Å². The van der Waals surface area contributed by atoms with Crippen LogP contribution in [0.4, 0.5) is 0 Å². The lowest BCUT2D eigenvalue weighted by atomic mass is 10.3. The van der Waals surface area contributed by atoms with Gasteiger partial charge in [0.05, 0.1) is 12.1 Å². The molecule has 0 atom stereocenters. The van der Waals surface area contributed by atoms with Gasteiger partial charge in [0.2, 0.25) is 0 Å². The van der Waals surface area contributed by atoms with Crippen LogP contribution in [-0.4, -0.2) is 18.1 Å². The molecule has 0 unspecified atom stereocenters. The van der Waals surface area contributed by atoms with Gasteiger partial charge in [-0.3, -0.25) is 0 Å². The van der Waals surface area contributed by atoms with Crippen LogP contribution in [0.25, 0.3) is 0 Å². The summed E-state index contributed by atoms with van der Waals surface area (Å²) >= 11 is 1.42. The first-order valence-electron chi connectivity index (χ1n) is 4.97. The fourth-order valence-electron chi connectivity index (χ4n) is 1.26. The van der Waals surface area contributed by atoms with Gasteiger partial charge in [0.25, 0.3) is 0 Å². The second kappa shape index (κ2) is 4.97. The molecule has 0 bridgehead atoms. The molecule has 0 aliphatic carbocycles. The van der Waals surface area contributed by atoms with Crippen molar-refractivity contribution in [2.24, 2.45) is 0 Å². The molecule has 0 saturated heterocycles. The number of hydrogen-bond donors (Lipinski definition) is 0. The lowest BCUT2D eigenvalue weighted by Gasteiger charge is -2.03. The first-order valence-corrected chi connectivity index (χ1v) is 5.85. The monoisotopic (exact) mass is 249 g/mol. The molecule has 2 aromatic rings. The number of methoxy groups -OCH3 is 1. The Morgan fingerprint density at radius 3 is 2.41 bits per heavy atom. The minimum absolute atomic E-state index is 0.336. The average Bonchev–Trinajstić information content (AvgIpc) is 2.77. The molecule has 1 heterocycles. The number of benzene rings is 1. The van der Waals surface area contributed by atoms with Gasteiger partial charge < -0.3 is 9.47 Å². The van der Waals surface area contributed by atoms with E-state index >= 15 is 0 Å². The molecule has 0 aliphatic rings. The number of thiazole rings is 1. The highest BCUT2D eigenvalue weighted by atomic mass is 32.1. The van der Waals surface area contributed by atoms with Gasteiger partial charge in [0.15, 0.2) is 5.69 Å². The van der Waals surface area contributed by atoms with Crippen LogP contribution in [0.2, 0.25) is 0 Å². The van der Waals surface area contributed by atoms with Crippen LogP contribution in [-0.2, 0) is 0 Å². The topological polar surface area (TPSA) is 48.4 Å². The average molecular weight is 249 g/mol. The summed E-state index contributed by atoms with van der Waals surface area (Å²) in [5.74, 6) is 0.746. The quantitative estimate of drug-likeness (QED) is 0.620. The SMILES string of the molecule is COc1ccc(OC(=O)c2csc(C)n2)cc1. The van der Waals surface area contributed by atoms with Crippen molar-refractivity contribution in [3.05, 3.63) is 40.3 Å². The molecule has 5 heteroatoms. The van der Waals surface area contributed by atoms with Crippen LogP contribution in [0.3, 0.4) is 0 Å². The smallest absolute Gasteiger partial charge is 0.363 e. The van der Waals surface area contributed by atoms with Crippen molar-refractivity contribution < 1.29 is 14.3 Å². The minimum atomic E-state index is -0.445. The molecule has 88 valence electrons. The number of aromatic nitrogens is 1. The van der Waals surface area contributed by atoms with Gasteiger partial charge in [-0.2, -0.15) is 0 Å². The fraction of sp³-hybridized carbons (Fsp3) is 0.167. The zero-order valence-corrected chi connectivity index (χ0v) is 10.3. The van der Waals surface area contributed by atoms with Gasteiger partial charge in [-0.25, -0.2) is 9.78 Å². The molecule has 0 fully saturated rings. The van der Waals surface area contributed by atoms with Crippen LogP contribution in [0.15, 0.2) is 29.6 Å². The summed E-state index contributed by atoms with van der Waals surface area (Å²) in [4.78, 5) is 15.7. The number of aryl methyl sites for hydroxylation is 1. The molecule has 0 amide bonds. The predicted molar refractivity (Wildman–Crippen MR) is 64.8 cm³/mol. The third kappa shape index (κ3) is 2.82. The molecule has 4 nitrogen and oxygen atoms in total. The molecule has 0 spiro atoms. The van der Waals surface area contributed by atoms with Crippen molar-refractivity contribution in [1.29, 1.82) is 0 Å². The number of carbonyl (C=O) groups is 1. The summed E-state index contributed by atoms with van der Waals surface area (Å²) in [5, 5.41) is 2.52. The lowest BCUT2D eigenvalue weighted by molar-refractivity contribution is 0.0729. The normalized spacial score (nSPS) is 10.0. The summed E-state index contributed by atoms with van der Waals surface area (Å²) in [5.41, 5.74) is 0.336. The van der Waals surface area contributed by atoms with Crippen LogP contribution >= 0.6 is 11.3 Å². The van der Waals surface area contributed by atoms with Gasteiger partial charge >= 0.3 is 5.97 Å². The maximum atomic E-state index is 11.7. The molecule has 1 aromatic heterocycles. The molecule has 0 radical (unpaired) electrons. The van der Waals surface area contributed by atoms with Crippen LogP contribution in [0.5, 0.6) is 11.5 Å². The zero-order chi connectivity index (χ0) is 12.3. The maximum Gasteiger partial charge on any atom is 0.363 e. The molecule has 0 N–H and O–H groups in total. The fourth-order valence-corrected chi connectivity index (χ4v) is 1.84. The summed E-state index contributed by atoms with van der Waals surface area (Å²) in [6, 6.07) is 6.82. The molecule has 1 aromatic carbocycles. The van der Waals surface area contributed by atoms with Crippen molar-refractivity contribution >= 4 is 17.3 Å². The Hall–Kier alpha value is -1.88. The third-order valence-electron chi connectivity index (χ3n) is 2.10. The molecule has 17 heavy (non-hydrogen) atoms. The zero-order valence-electron chi connectivity index (χ0n) is 9.47. The second-order valence-electron chi connectivity index (χ2n) is 3.32. The van der Waals surface area contributed by atoms with E-state index < -0.39 is 5.97 Å². The number of carbonyl (C=O) groups excluding carboxylic acids is 1.